The molecule has 0 atom stereocenters. The maximum Gasteiger partial charge on any atom is 0.258 e. The Balaban J connectivity index is 2.34. The van der Waals surface area contributed by atoms with Gasteiger partial charge in [-0.3, -0.25) is 4.79 Å². The standard InChI is InChI=1S/C13H17NO4/c1-2-3-10-4-6-11(7-5-10)18-9-12(15)14-8-13(16)17/h4-7H,2-3,8-9H2,1H3,(H,14,15)(H,16,17)/p-1. The van der Waals surface area contributed by atoms with Crippen molar-refractivity contribution in [3.63, 3.8) is 0 Å². The normalized spacial score (nSPS) is 9.83. The van der Waals surface area contributed by atoms with Gasteiger partial charge in [-0.2, -0.15) is 0 Å². The van der Waals surface area contributed by atoms with Gasteiger partial charge in [-0.05, 0) is 24.1 Å². The predicted octanol–water partition coefficient (Wildman–Crippen LogP) is -0.116. The molecule has 1 N–H and O–H groups in total. The number of carboxylic acid groups (broad SMARTS) is 1. The second-order valence-corrected chi connectivity index (χ2v) is 3.83. The van der Waals surface area contributed by atoms with E-state index < -0.39 is 18.4 Å². The molecule has 0 saturated heterocycles. The van der Waals surface area contributed by atoms with Crippen molar-refractivity contribution in [3.8, 4) is 5.75 Å². The lowest BCUT2D eigenvalue weighted by Gasteiger charge is -2.08. The van der Waals surface area contributed by atoms with Gasteiger partial charge < -0.3 is 20.0 Å². The van der Waals surface area contributed by atoms with Crippen LogP contribution in [0.5, 0.6) is 5.75 Å². The molecule has 0 aliphatic rings. The summed E-state index contributed by atoms with van der Waals surface area (Å²) in [6.07, 6.45) is 2.08. The van der Waals surface area contributed by atoms with Crippen molar-refractivity contribution in [2.75, 3.05) is 13.2 Å². The number of amides is 1. The second-order valence-electron chi connectivity index (χ2n) is 3.83. The molecule has 18 heavy (non-hydrogen) atoms. The topological polar surface area (TPSA) is 78.5 Å². The number of hydrogen-bond donors (Lipinski definition) is 1. The molecule has 0 unspecified atom stereocenters. The number of hydrogen-bond acceptors (Lipinski definition) is 4. The van der Waals surface area contributed by atoms with Crippen LogP contribution in [0.15, 0.2) is 24.3 Å². The van der Waals surface area contributed by atoms with Crippen molar-refractivity contribution in [2.24, 2.45) is 0 Å². The Kier molecular flexibility index (Phi) is 5.70. The van der Waals surface area contributed by atoms with Crippen LogP contribution in [0.2, 0.25) is 0 Å². The highest BCUT2D eigenvalue weighted by Crippen LogP contribution is 2.13. The van der Waals surface area contributed by atoms with Crippen LogP contribution in [-0.4, -0.2) is 25.0 Å². The molecule has 1 aromatic carbocycles. The van der Waals surface area contributed by atoms with Gasteiger partial charge in [0.2, 0.25) is 0 Å². The molecule has 0 aliphatic heterocycles. The lowest BCUT2D eigenvalue weighted by molar-refractivity contribution is -0.304. The molecule has 0 spiro atoms. The zero-order valence-corrected chi connectivity index (χ0v) is 10.3. The van der Waals surface area contributed by atoms with Crippen molar-refractivity contribution in [2.45, 2.75) is 19.8 Å². The van der Waals surface area contributed by atoms with Gasteiger partial charge in [0, 0.05) is 0 Å². The van der Waals surface area contributed by atoms with E-state index in [-0.39, 0.29) is 6.61 Å². The van der Waals surface area contributed by atoms with Crippen LogP contribution in [0.3, 0.4) is 0 Å². The van der Waals surface area contributed by atoms with Crippen LogP contribution in [0.4, 0.5) is 0 Å². The molecule has 98 valence electrons. The highest BCUT2D eigenvalue weighted by molar-refractivity contribution is 5.81. The minimum atomic E-state index is -1.33. The number of ether oxygens (including phenoxy) is 1. The van der Waals surface area contributed by atoms with Gasteiger partial charge in [0.15, 0.2) is 6.61 Å². The Hall–Kier alpha value is -2.04. The number of carbonyl (C=O) groups excluding carboxylic acids is 2. The summed E-state index contributed by atoms with van der Waals surface area (Å²) in [6, 6.07) is 7.46. The smallest absolute Gasteiger partial charge is 0.258 e. The Morgan fingerprint density at radius 1 is 1.28 bits per heavy atom. The van der Waals surface area contributed by atoms with E-state index >= 15 is 0 Å². The maximum absolute atomic E-state index is 11.2. The van der Waals surface area contributed by atoms with E-state index in [0.29, 0.717) is 5.75 Å². The molecule has 0 bridgehead atoms. The summed E-state index contributed by atoms with van der Waals surface area (Å²) in [7, 11) is 0. The third-order valence-corrected chi connectivity index (χ3v) is 2.26. The molecule has 0 aromatic heterocycles. The summed E-state index contributed by atoms with van der Waals surface area (Å²) >= 11 is 0. The van der Waals surface area contributed by atoms with E-state index in [1.165, 1.54) is 5.56 Å². The summed E-state index contributed by atoms with van der Waals surface area (Å²) in [6.45, 7) is 1.39. The first-order valence-corrected chi connectivity index (χ1v) is 5.80. The summed E-state index contributed by atoms with van der Waals surface area (Å²) in [4.78, 5) is 21.3. The molecule has 0 heterocycles. The monoisotopic (exact) mass is 250 g/mol. The Bertz CT molecular complexity index is 400. The van der Waals surface area contributed by atoms with E-state index in [0.717, 1.165) is 12.8 Å². The van der Waals surface area contributed by atoms with Gasteiger partial charge >= 0.3 is 0 Å². The molecule has 0 saturated carbocycles. The molecular formula is C13H16NO4-. The third kappa shape index (κ3) is 5.34. The quantitative estimate of drug-likeness (QED) is 0.732. The van der Waals surface area contributed by atoms with Crippen molar-refractivity contribution in [1.82, 2.24) is 5.32 Å². The average molecular weight is 250 g/mol. The number of carbonyl (C=O) groups is 2. The number of aliphatic carboxylic acids is 1. The van der Waals surface area contributed by atoms with Gasteiger partial charge in [-0.15, -0.1) is 0 Å². The van der Waals surface area contributed by atoms with Crippen molar-refractivity contribution in [1.29, 1.82) is 0 Å². The van der Waals surface area contributed by atoms with Gasteiger partial charge in [0.1, 0.15) is 5.75 Å². The van der Waals surface area contributed by atoms with Gasteiger partial charge in [0.05, 0.1) is 12.5 Å². The lowest BCUT2D eigenvalue weighted by Crippen LogP contribution is -2.39. The average Bonchev–Trinajstić information content (AvgIpc) is 2.36. The number of aryl methyl sites for hydroxylation is 1. The number of nitrogens with one attached hydrogen (secondary N) is 1. The second kappa shape index (κ2) is 7.32. The van der Waals surface area contributed by atoms with Crippen LogP contribution in [-0.2, 0) is 16.0 Å². The zero-order valence-electron chi connectivity index (χ0n) is 10.3. The molecular weight excluding hydrogens is 234 g/mol. The first kappa shape index (κ1) is 14.0. The van der Waals surface area contributed by atoms with Crippen LogP contribution in [0.1, 0.15) is 18.9 Å². The minimum absolute atomic E-state index is 0.208. The largest absolute Gasteiger partial charge is 0.548 e. The Morgan fingerprint density at radius 3 is 2.50 bits per heavy atom. The summed E-state index contributed by atoms with van der Waals surface area (Å²) in [5, 5.41) is 12.3. The highest BCUT2D eigenvalue weighted by atomic mass is 16.5. The number of rotatable bonds is 7. The van der Waals surface area contributed by atoms with Crippen LogP contribution in [0.25, 0.3) is 0 Å². The van der Waals surface area contributed by atoms with E-state index in [2.05, 4.69) is 12.2 Å². The number of carboxylic acids is 1. The first-order chi connectivity index (χ1) is 8.61. The molecule has 1 amide bonds. The Morgan fingerprint density at radius 2 is 1.94 bits per heavy atom. The van der Waals surface area contributed by atoms with E-state index in [1.807, 2.05) is 12.1 Å². The van der Waals surface area contributed by atoms with Crippen molar-refractivity contribution in [3.05, 3.63) is 29.8 Å². The zero-order chi connectivity index (χ0) is 13.4. The van der Waals surface area contributed by atoms with Crippen LogP contribution < -0.4 is 15.2 Å². The molecule has 1 rings (SSSR count). The predicted molar refractivity (Wildman–Crippen MR) is 63.9 cm³/mol. The van der Waals surface area contributed by atoms with Crippen molar-refractivity contribution >= 4 is 11.9 Å². The van der Waals surface area contributed by atoms with Crippen LogP contribution >= 0.6 is 0 Å². The van der Waals surface area contributed by atoms with E-state index in [1.54, 1.807) is 12.1 Å². The SMILES string of the molecule is CCCc1ccc(OCC(=O)NCC(=O)[O-])cc1. The lowest BCUT2D eigenvalue weighted by atomic mass is 10.1. The Labute approximate surface area is 106 Å². The van der Waals surface area contributed by atoms with Crippen molar-refractivity contribution < 1.29 is 19.4 Å². The molecule has 0 fully saturated rings. The summed E-state index contributed by atoms with van der Waals surface area (Å²) < 4.78 is 5.21. The molecule has 5 nitrogen and oxygen atoms in total. The van der Waals surface area contributed by atoms with Gasteiger partial charge in [-0.25, -0.2) is 0 Å². The third-order valence-electron chi connectivity index (χ3n) is 2.26. The molecule has 5 heteroatoms. The van der Waals surface area contributed by atoms with Gasteiger partial charge in [0.25, 0.3) is 5.91 Å². The molecule has 1 aromatic rings. The minimum Gasteiger partial charge on any atom is -0.548 e. The molecule has 0 aliphatic carbocycles. The van der Waals surface area contributed by atoms with Gasteiger partial charge in [-0.1, -0.05) is 25.5 Å². The fourth-order valence-corrected chi connectivity index (χ4v) is 1.41. The summed E-state index contributed by atoms with van der Waals surface area (Å²) in [5.41, 5.74) is 1.21. The number of benzene rings is 1. The fourth-order valence-electron chi connectivity index (χ4n) is 1.41. The fraction of sp³-hybridized carbons (Fsp3) is 0.385. The molecule has 0 radical (unpaired) electrons. The first-order valence-electron chi connectivity index (χ1n) is 5.80. The van der Waals surface area contributed by atoms with E-state index in [9.17, 15) is 14.7 Å². The van der Waals surface area contributed by atoms with Crippen LogP contribution in [0, 0.1) is 0 Å². The highest BCUT2D eigenvalue weighted by Gasteiger charge is 2.02. The maximum atomic E-state index is 11.2. The van der Waals surface area contributed by atoms with E-state index in [4.69, 9.17) is 4.74 Å². The summed E-state index contributed by atoms with van der Waals surface area (Å²) in [5.74, 6) is -1.23.